The summed E-state index contributed by atoms with van der Waals surface area (Å²) in [5.41, 5.74) is 2.19. The standard InChI is InChI=1S/C21H20ClNO4S/c1-3-27-16-8-5-14(6-9-16)18-19(28-11-10-24)21(26)23(20(18)25)17-12-15(22)7-4-13(17)2/h4-9,12,24H,3,10-11H2,1-2H3. The van der Waals surface area contributed by atoms with Gasteiger partial charge in [0.15, 0.2) is 0 Å². The summed E-state index contributed by atoms with van der Waals surface area (Å²) >= 11 is 7.27. The Morgan fingerprint density at radius 1 is 1.11 bits per heavy atom. The fourth-order valence-corrected chi connectivity index (χ4v) is 4.00. The van der Waals surface area contributed by atoms with Crippen molar-refractivity contribution in [2.75, 3.05) is 23.9 Å². The Kier molecular flexibility index (Phi) is 6.44. The third-order valence-electron chi connectivity index (χ3n) is 4.25. The van der Waals surface area contributed by atoms with Crippen LogP contribution in [0.2, 0.25) is 5.02 Å². The van der Waals surface area contributed by atoms with Gasteiger partial charge in [-0.25, -0.2) is 4.90 Å². The second kappa shape index (κ2) is 8.82. The van der Waals surface area contributed by atoms with E-state index in [1.807, 2.05) is 13.8 Å². The van der Waals surface area contributed by atoms with E-state index in [2.05, 4.69) is 0 Å². The normalized spacial score (nSPS) is 14.2. The molecule has 0 bridgehead atoms. The highest BCUT2D eigenvalue weighted by atomic mass is 35.5. The number of rotatable bonds is 7. The molecule has 5 nitrogen and oxygen atoms in total. The lowest BCUT2D eigenvalue weighted by atomic mass is 10.1. The first-order valence-electron chi connectivity index (χ1n) is 8.84. The predicted molar refractivity (Wildman–Crippen MR) is 113 cm³/mol. The van der Waals surface area contributed by atoms with Crippen LogP contribution in [-0.2, 0) is 9.59 Å². The highest BCUT2D eigenvalue weighted by Crippen LogP contribution is 2.40. The van der Waals surface area contributed by atoms with Crippen molar-refractivity contribution in [1.29, 1.82) is 0 Å². The minimum atomic E-state index is -0.405. The summed E-state index contributed by atoms with van der Waals surface area (Å²) in [6, 6.07) is 12.2. The number of aliphatic hydroxyl groups excluding tert-OH is 1. The van der Waals surface area contributed by atoms with Crippen LogP contribution in [0.4, 0.5) is 5.69 Å². The van der Waals surface area contributed by atoms with Crippen LogP contribution >= 0.6 is 23.4 Å². The Labute approximate surface area is 172 Å². The fraction of sp³-hybridized carbons (Fsp3) is 0.238. The average Bonchev–Trinajstić information content (AvgIpc) is 2.93. The van der Waals surface area contributed by atoms with E-state index in [1.165, 1.54) is 11.8 Å². The van der Waals surface area contributed by atoms with Gasteiger partial charge >= 0.3 is 0 Å². The first-order valence-corrected chi connectivity index (χ1v) is 10.2. The molecule has 0 aliphatic carbocycles. The summed E-state index contributed by atoms with van der Waals surface area (Å²) in [6.07, 6.45) is 0. The maximum Gasteiger partial charge on any atom is 0.272 e. The van der Waals surface area contributed by atoms with Crippen molar-refractivity contribution in [3.8, 4) is 5.75 Å². The summed E-state index contributed by atoms with van der Waals surface area (Å²) in [7, 11) is 0. The SMILES string of the molecule is CCOc1ccc(C2=C(SCCO)C(=O)N(c3cc(Cl)ccc3C)C2=O)cc1. The van der Waals surface area contributed by atoms with Gasteiger partial charge in [-0.05, 0) is 49.2 Å². The highest BCUT2D eigenvalue weighted by Gasteiger charge is 2.40. The number of nitrogens with zero attached hydrogens (tertiary/aromatic N) is 1. The van der Waals surface area contributed by atoms with Gasteiger partial charge in [0.2, 0.25) is 0 Å². The fourth-order valence-electron chi connectivity index (χ4n) is 2.97. The molecule has 0 fully saturated rings. The Bertz CT molecular complexity index is 940. The molecule has 0 spiro atoms. The third-order valence-corrected chi connectivity index (χ3v) is 5.53. The van der Waals surface area contributed by atoms with Gasteiger partial charge in [-0.15, -0.1) is 11.8 Å². The molecule has 1 aliphatic heterocycles. The zero-order chi connectivity index (χ0) is 20.3. The van der Waals surface area contributed by atoms with Gasteiger partial charge in [0.05, 0.1) is 29.4 Å². The summed E-state index contributed by atoms with van der Waals surface area (Å²) in [4.78, 5) is 27.9. The van der Waals surface area contributed by atoms with Crippen molar-refractivity contribution in [3.63, 3.8) is 0 Å². The van der Waals surface area contributed by atoms with Crippen LogP contribution in [0.15, 0.2) is 47.4 Å². The van der Waals surface area contributed by atoms with Gasteiger partial charge in [0.25, 0.3) is 11.8 Å². The van der Waals surface area contributed by atoms with E-state index in [0.29, 0.717) is 44.9 Å². The first-order chi connectivity index (χ1) is 13.5. The molecule has 0 atom stereocenters. The number of hydrogen-bond donors (Lipinski definition) is 1. The number of hydrogen-bond acceptors (Lipinski definition) is 5. The molecule has 0 aromatic heterocycles. The molecule has 0 radical (unpaired) electrons. The van der Waals surface area contributed by atoms with Gasteiger partial charge < -0.3 is 9.84 Å². The third kappa shape index (κ3) is 3.94. The van der Waals surface area contributed by atoms with Gasteiger partial charge in [0.1, 0.15) is 5.75 Å². The van der Waals surface area contributed by atoms with E-state index in [4.69, 9.17) is 16.3 Å². The van der Waals surface area contributed by atoms with E-state index < -0.39 is 11.8 Å². The quantitative estimate of drug-likeness (QED) is 0.688. The molecule has 2 amide bonds. The van der Waals surface area contributed by atoms with Crippen LogP contribution in [0.1, 0.15) is 18.1 Å². The highest BCUT2D eigenvalue weighted by molar-refractivity contribution is 8.04. The minimum absolute atomic E-state index is 0.0949. The van der Waals surface area contributed by atoms with Crippen molar-refractivity contribution in [1.82, 2.24) is 0 Å². The summed E-state index contributed by atoms with van der Waals surface area (Å²) in [5.74, 6) is 0.199. The van der Waals surface area contributed by atoms with Crippen molar-refractivity contribution in [3.05, 3.63) is 63.5 Å². The molecule has 7 heteroatoms. The maximum absolute atomic E-state index is 13.3. The Balaban J connectivity index is 2.06. The van der Waals surface area contributed by atoms with Gasteiger partial charge in [-0.3, -0.25) is 9.59 Å². The molecule has 2 aromatic carbocycles. The number of anilines is 1. The monoisotopic (exact) mass is 417 g/mol. The second-order valence-electron chi connectivity index (χ2n) is 6.11. The van der Waals surface area contributed by atoms with Crippen molar-refractivity contribution in [2.45, 2.75) is 13.8 Å². The summed E-state index contributed by atoms with van der Waals surface area (Å²) in [6.45, 7) is 4.16. The number of amides is 2. The van der Waals surface area contributed by atoms with E-state index in [1.54, 1.807) is 42.5 Å². The Morgan fingerprint density at radius 3 is 2.46 bits per heavy atom. The molecule has 1 aliphatic rings. The minimum Gasteiger partial charge on any atom is -0.494 e. The Morgan fingerprint density at radius 2 is 1.82 bits per heavy atom. The number of benzene rings is 2. The lowest BCUT2D eigenvalue weighted by Crippen LogP contribution is -2.32. The van der Waals surface area contributed by atoms with Crippen molar-refractivity contribution in [2.24, 2.45) is 0 Å². The van der Waals surface area contributed by atoms with E-state index in [9.17, 15) is 14.7 Å². The van der Waals surface area contributed by atoms with Crippen molar-refractivity contribution >= 4 is 46.4 Å². The molecule has 0 unspecified atom stereocenters. The largest absolute Gasteiger partial charge is 0.494 e. The van der Waals surface area contributed by atoms with Gasteiger partial charge in [0, 0.05) is 10.8 Å². The van der Waals surface area contributed by atoms with E-state index in [0.717, 1.165) is 10.5 Å². The number of carbonyl (C=O) groups excluding carboxylic acids is 2. The molecule has 1 N–H and O–H groups in total. The number of ether oxygens (including phenoxy) is 1. The van der Waals surface area contributed by atoms with Crippen LogP contribution in [0.5, 0.6) is 5.75 Å². The lowest BCUT2D eigenvalue weighted by molar-refractivity contribution is -0.119. The van der Waals surface area contributed by atoms with Crippen LogP contribution in [0, 0.1) is 6.92 Å². The van der Waals surface area contributed by atoms with Gasteiger partial charge in [-0.2, -0.15) is 0 Å². The summed E-state index contributed by atoms with van der Waals surface area (Å²) < 4.78 is 5.45. The molecule has 0 saturated heterocycles. The van der Waals surface area contributed by atoms with Crippen LogP contribution in [0.25, 0.3) is 5.57 Å². The molecular formula is C21H20ClNO4S. The van der Waals surface area contributed by atoms with E-state index in [-0.39, 0.29) is 6.61 Å². The predicted octanol–water partition coefficient (Wildman–Crippen LogP) is 4.06. The summed E-state index contributed by atoms with van der Waals surface area (Å²) in [5, 5.41) is 9.65. The van der Waals surface area contributed by atoms with Crippen LogP contribution < -0.4 is 9.64 Å². The molecule has 3 rings (SSSR count). The van der Waals surface area contributed by atoms with E-state index >= 15 is 0 Å². The molecule has 28 heavy (non-hydrogen) atoms. The maximum atomic E-state index is 13.3. The smallest absolute Gasteiger partial charge is 0.272 e. The topological polar surface area (TPSA) is 66.8 Å². The molecule has 146 valence electrons. The molecule has 1 heterocycles. The molecule has 2 aromatic rings. The molecule has 0 saturated carbocycles. The lowest BCUT2D eigenvalue weighted by Gasteiger charge is -2.18. The second-order valence-corrected chi connectivity index (χ2v) is 7.65. The Hall–Kier alpha value is -2.28. The van der Waals surface area contributed by atoms with Gasteiger partial charge in [-0.1, -0.05) is 29.8 Å². The number of aliphatic hydroxyl groups is 1. The van der Waals surface area contributed by atoms with Crippen LogP contribution in [0.3, 0.4) is 0 Å². The number of carbonyl (C=O) groups is 2. The molecular weight excluding hydrogens is 398 g/mol. The van der Waals surface area contributed by atoms with Crippen LogP contribution in [-0.4, -0.2) is 35.9 Å². The number of aryl methyl sites for hydroxylation is 1. The zero-order valence-corrected chi connectivity index (χ0v) is 17.1. The van der Waals surface area contributed by atoms with Crippen molar-refractivity contribution < 1.29 is 19.4 Å². The number of imide groups is 1. The first kappa shape index (κ1) is 20.5. The number of halogens is 1. The zero-order valence-electron chi connectivity index (χ0n) is 15.6. The number of thioether (sulfide) groups is 1. The average molecular weight is 418 g/mol.